The van der Waals surface area contributed by atoms with Crippen molar-refractivity contribution in [1.29, 1.82) is 0 Å². The van der Waals surface area contributed by atoms with Gasteiger partial charge in [-0.3, -0.25) is 4.79 Å². The van der Waals surface area contributed by atoms with E-state index >= 15 is 0 Å². The van der Waals surface area contributed by atoms with E-state index in [1.807, 2.05) is 12.1 Å². The Morgan fingerprint density at radius 3 is 2.41 bits per heavy atom. The Morgan fingerprint density at radius 1 is 1.10 bits per heavy atom. The molecule has 0 spiro atoms. The predicted octanol–water partition coefficient (Wildman–Crippen LogP) is 5.17. The summed E-state index contributed by atoms with van der Waals surface area (Å²) in [5, 5.41) is 0. The largest absolute Gasteiger partial charge is 0.488 e. The van der Waals surface area contributed by atoms with Crippen LogP contribution in [-0.2, 0) is 21.4 Å². The van der Waals surface area contributed by atoms with E-state index in [-0.39, 0.29) is 24.0 Å². The van der Waals surface area contributed by atoms with Crippen LogP contribution in [0.2, 0.25) is 0 Å². The van der Waals surface area contributed by atoms with Gasteiger partial charge in [0.1, 0.15) is 17.2 Å². The van der Waals surface area contributed by atoms with E-state index in [1.54, 1.807) is 19.1 Å². The van der Waals surface area contributed by atoms with Crippen molar-refractivity contribution >= 4 is 5.97 Å². The number of hydrogen-bond donors (Lipinski definition) is 0. The second-order valence-electron chi connectivity index (χ2n) is 8.67. The SMILES string of the molecule is CCOC(=O)Cc1ccc(C#Cc2ccc3c(c2)C(C)(C)CC(C)(C)O3)cc1F. The maximum atomic E-state index is 14.3. The minimum absolute atomic E-state index is 0.0182. The topological polar surface area (TPSA) is 35.5 Å². The molecule has 1 heterocycles. The van der Waals surface area contributed by atoms with Gasteiger partial charge in [0.15, 0.2) is 0 Å². The Morgan fingerprint density at radius 2 is 1.76 bits per heavy atom. The van der Waals surface area contributed by atoms with Gasteiger partial charge < -0.3 is 9.47 Å². The lowest BCUT2D eigenvalue weighted by Crippen LogP contribution is -2.41. The highest BCUT2D eigenvalue weighted by Crippen LogP contribution is 2.44. The maximum Gasteiger partial charge on any atom is 0.310 e. The molecule has 0 bridgehead atoms. The number of esters is 1. The van der Waals surface area contributed by atoms with Crippen molar-refractivity contribution in [3.05, 3.63) is 64.5 Å². The van der Waals surface area contributed by atoms with Gasteiger partial charge in [0.05, 0.1) is 13.0 Å². The molecule has 1 aliphatic heterocycles. The lowest BCUT2D eigenvalue weighted by molar-refractivity contribution is -0.142. The number of benzene rings is 2. The van der Waals surface area contributed by atoms with Gasteiger partial charge in [-0.1, -0.05) is 31.8 Å². The van der Waals surface area contributed by atoms with Crippen LogP contribution >= 0.6 is 0 Å². The van der Waals surface area contributed by atoms with Gasteiger partial charge in [-0.25, -0.2) is 4.39 Å². The Kier molecular flexibility index (Phi) is 5.71. The lowest BCUT2D eigenvalue weighted by Gasteiger charge is -2.42. The summed E-state index contributed by atoms with van der Waals surface area (Å²) < 4.78 is 25.3. The van der Waals surface area contributed by atoms with Gasteiger partial charge >= 0.3 is 5.97 Å². The average molecular weight is 394 g/mol. The molecular weight excluding hydrogens is 367 g/mol. The number of carbonyl (C=O) groups is 1. The van der Waals surface area contributed by atoms with Crippen LogP contribution in [0.5, 0.6) is 5.75 Å². The van der Waals surface area contributed by atoms with E-state index in [2.05, 4.69) is 45.6 Å². The number of rotatable bonds is 3. The van der Waals surface area contributed by atoms with E-state index in [0.717, 1.165) is 23.3 Å². The number of carbonyl (C=O) groups excluding carboxylic acids is 1. The third kappa shape index (κ3) is 4.98. The summed E-state index contributed by atoms with van der Waals surface area (Å²) in [7, 11) is 0. The van der Waals surface area contributed by atoms with Crippen molar-refractivity contribution in [3.8, 4) is 17.6 Å². The fourth-order valence-electron chi connectivity index (χ4n) is 4.00. The highest BCUT2D eigenvalue weighted by molar-refractivity contribution is 5.72. The molecule has 29 heavy (non-hydrogen) atoms. The zero-order valence-corrected chi connectivity index (χ0v) is 17.7. The van der Waals surface area contributed by atoms with Crippen LogP contribution in [0.4, 0.5) is 4.39 Å². The van der Waals surface area contributed by atoms with Crippen molar-refractivity contribution in [1.82, 2.24) is 0 Å². The molecule has 1 aliphatic rings. The molecule has 2 aromatic carbocycles. The second kappa shape index (κ2) is 7.91. The van der Waals surface area contributed by atoms with Gasteiger partial charge in [-0.15, -0.1) is 0 Å². The first-order valence-electron chi connectivity index (χ1n) is 9.89. The molecule has 0 atom stereocenters. The van der Waals surface area contributed by atoms with Crippen LogP contribution < -0.4 is 4.74 Å². The zero-order chi connectivity index (χ0) is 21.2. The third-order valence-electron chi connectivity index (χ3n) is 5.01. The van der Waals surface area contributed by atoms with Crippen molar-refractivity contribution in [2.24, 2.45) is 0 Å². The van der Waals surface area contributed by atoms with Crippen LogP contribution in [0, 0.1) is 17.7 Å². The summed E-state index contributed by atoms with van der Waals surface area (Å²) in [5.41, 5.74) is 2.65. The summed E-state index contributed by atoms with van der Waals surface area (Å²) in [5.74, 6) is 6.13. The number of hydrogen-bond acceptors (Lipinski definition) is 3. The van der Waals surface area contributed by atoms with Gasteiger partial charge in [0, 0.05) is 16.7 Å². The molecule has 0 saturated carbocycles. The molecular formula is C25H27FO3. The molecule has 0 amide bonds. The molecule has 0 fully saturated rings. The molecule has 152 valence electrons. The molecule has 3 nitrogen and oxygen atoms in total. The summed E-state index contributed by atoms with van der Waals surface area (Å²) >= 11 is 0. The minimum Gasteiger partial charge on any atom is -0.488 e. The highest BCUT2D eigenvalue weighted by Gasteiger charge is 2.38. The molecule has 0 N–H and O–H groups in total. The third-order valence-corrected chi connectivity index (χ3v) is 5.01. The molecule has 0 aliphatic carbocycles. The zero-order valence-electron chi connectivity index (χ0n) is 17.7. The second-order valence-corrected chi connectivity index (χ2v) is 8.67. The lowest BCUT2D eigenvalue weighted by atomic mass is 9.73. The van der Waals surface area contributed by atoms with Crippen molar-refractivity contribution in [3.63, 3.8) is 0 Å². The van der Waals surface area contributed by atoms with E-state index in [0.29, 0.717) is 11.1 Å². The van der Waals surface area contributed by atoms with Crippen LogP contribution in [-0.4, -0.2) is 18.2 Å². The molecule has 0 aromatic heterocycles. The van der Waals surface area contributed by atoms with Crippen molar-refractivity contribution in [2.75, 3.05) is 6.61 Å². The highest BCUT2D eigenvalue weighted by atomic mass is 19.1. The molecule has 0 radical (unpaired) electrons. The van der Waals surface area contributed by atoms with Gasteiger partial charge in [0.25, 0.3) is 0 Å². The van der Waals surface area contributed by atoms with Gasteiger partial charge in [-0.05, 0) is 68.5 Å². The minimum atomic E-state index is -0.452. The van der Waals surface area contributed by atoms with E-state index < -0.39 is 11.8 Å². The van der Waals surface area contributed by atoms with Gasteiger partial charge in [0.2, 0.25) is 0 Å². The van der Waals surface area contributed by atoms with Crippen molar-refractivity contribution < 1.29 is 18.7 Å². The average Bonchev–Trinajstić information content (AvgIpc) is 2.61. The Bertz CT molecular complexity index is 993. The quantitative estimate of drug-likeness (QED) is 0.532. The monoisotopic (exact) mass is 394 g/mol. The number of ether oxygens (including phenoxy) is 2. The first-order chi connectivity index (χ1) is 13.6. The predicted molar refractivity (Wildman–Crippen MR) is 112 cm³/mol. The normalized spacial score (nSPS) is 16.1. The summed E-state index contributed by atoms with van der Waals surface area (Å²) in [6.45, 7) is 10.6. The van der Waals surface area contributed by atoms with E-state index in [1.165, 1.54) is 6.07 Å². The van der Waals surface area contributed by atoms with Crippen LogP contribution in [0.3, 0.4) is 0 Å². The fourth-order valence-corrected chi connectivity index (χ4v) is 4.00. The van der Waals surface area contributed by atoms with Crippen LogP contribution in [0.25, 0.3) is 0 Å². The summed E-state index contributed by atoms with van der Waals surface area (Å²) in [6.07, 6.45) is 0.834. The van der Waals surface area contributed by atoms with Crippen LogP contribution in [0.15, 0.2) is 36.4 Å². The Labute approximate surface area is 172 Å². The van der Waals surface area contributed by atoms with Crippen molar-refractivity contribution in [2.45, 2.75) is 58.5 Å². The Hall–Kier alpha value is -2.80. The maximum absolute atomic E-state index is 14.3. The number of fused-ring (bicyclic) bond motifs is 1. The standard InChI is InChI=1S/C25H27FO3/c1-6-28-23(27)15-19-11-9-18(14-21(19)26)8-7-17-10-12-22-20(13-17)24(2,3)16-25(4,5)29-22/h9-14H,6,15-16H2,1-5H3. The van der Waals surface area contributed by atoms with Gasteiger partial charge in [-0.2, -0.15) is 0 Å². The van der Waals surface area contributed by atoms with E-state index in [4.69, 9.17) is 9.47 Å². The molecule has 4 heteroatoms. The first-order valence-corrected chi connectivity index (χ1v) is 9.89. The number of halogens is 1. The Balaban J connectivity index is 1.82. The smallest absolute Gasteiger partial charge is 0.310 e. The summed E-state index contributed by atoms with van der Waals surface area (Å²) in [6, 6.07) is 10.6. The van der Waals surface area contributed by atoms with Crippen LogP contribution in [0.1, 0.15) is 63.3 Å². The first kappa shape index (κ1) is 20.9. The molecule has 2 aromatic rings. The molecule has 0 unspecified atom stereocenters. The molecule has 3 rings (SSSR count). The molecule has 0 saturated heterocycles. The summed E-state index contributed by atoms with van der Waals surface area (Å²) in [4.78, 5) is 11.5. The fraction of sp³-hybridized carbons (Fsp3) is 0.400. The van der Waals surface area contributed by atoms with E-state index in [9.17, 15) is 9.18 Å².